The molecule has 0 aliphatic rings. The summed E-state index contributed by atoms with van der Waals surface area (Å²) in [6.07, 6.45) is 0.645. The van der Waals surface area contributed by atoms with Gasteiger partial charge in [-0.3, -0.25) is 0 Å². The third-order valence-electron chi connectivity index (χ3n) is 2.90. The van der Waals surface area contributed by atoms with E-state index >= 15 is 0 Å². The molecule has 4 nitrogen and oxygen atoms in total. The second-order valence-electron chi connectivity index (χ2n) is 4.35. The van der Waals surface area contributed by atoms with E-state index in [1.807, 2.05) is 6.92 Å². The Hall–Kier alpha value is -1.89. The second-order valence-corrected chi connectivity index (χ2v) is 5.38. The van der Waals surface area contributed by atoms with Crippen LogP contribution < -0.4 is 11.1 Å². The van der Waals surface area contributed by atoms with Crippen molar-refractivity contribution in [2.24, 2.45) is 0 Å². The first kappa shape index (κ1) is 15.5. The van der Waals surface area contributed by atoms with Gasteiger partial charge in [0, 0.05) is 16.9 Å². The molecule has 0 aliphatic heterocycles. The van der Waals surface area contributed by atoms with Crippen molar-refractivity contribution in [2.75, 3.05) is 11.1 Å². The summed E-state index contributed by atoms with van der Waals surface area (Å²) in [5.74, 6) is -0.930. The Bertz CT molecular complexity index is 634. The third-order valence-corrected chi connectivity index (χ3v) is 3.69. The maximum absolute atomic E-state index is 12.6. The van der Waals surface area contributed by atoms with E-state index in [2.05, 4.69) is 15.3 Å². The number of alkyl halides is 2. The van der Waals surface area contributed by atoms with Gasteiger partial charge in [0.15, 0.2) is 0 Å². The monoisotopic (exact) mass is 310 g/mol. The van der Waals surface area contributed by atoms with E-state index in [9.17, 15) is 8.78 Å². The lowest BCUT2D eigenvalue weighted by molar-refractivity contribution is 0.252. The molecular weight excluding hydrogens is 294 g/mol. The number of aromatic nitrogens is 2. The van der Waals surface area contributed by atoms with Gasteiger partial charge in [0.05, 0.1) is 5.69 Å². The fourth-order valence-electron chi connectivity index (χ4n) is 1.76. The minimum atomic E-state index is -2.48. The predicted molar refractivity (Wildman–Crippen MR) is 82.1 cm³/mol. The second kappa shape index (κ2) is 6.71. The smallest absolute Gasteiger partial charge is 0.288 e. The zero-order valence-corrected chi connectivity index (χ0v) is 12.5. The molecule has 0 aliphatic carbocycles. The van der Waals surface area contributed by atoms with Crippen molar-refractivity contribution in [3.05, 3.63) is 35.7 Å². The minimum Gasteiger partial charge on any atom is -0.383 e. The first-order valence-electron chi connectivity index (χ1n) is 6.45. The first-order chi connectivity index (χ1) is 10.0. The van der Waals surface area contributed by atoms with Crippen LogP contribution in [0.4, 0.5) is 26.1 Å². The van der Waals surface area contributed by atoms with E-state index in [0.717, 1.165) is 0 Å². The number of nitrogen functional groups attached to an aromatic ring is 1. The van der Waals surface area contributed by atoms with Gasteiger partial charge in [-0.1, -0.05) is 30.8 Å². The van der Waals surface area contributed by atoms with Crippen LogP contribution in [0.25, 0.3) is 0 Å². The summed E-state index contributed by atoms with van der Waals surface area (Å²) < 4.78 is 25.2. The molecule has 1 heterocycles. The molecule has 7 heteroatoms. The molecule has 0 radical (unpaired) electrons. The van der Waals surface area contributed by atoms with Crippen LogP contribution in [-0.4, -0.2) is 15.7 Å². The van der Waals surface area contributed by atoms with Crippen LogP contribution >= 0.6 is 11.8 Å². The van der Waals surface area contributed by atoms with Crippen LogP contribution in [0, 0.1) is 6.92 Å². The zero-order valence-electron chi connectivity index (χ0n) is 11.7. The van der Waals surface area contributed by atoms with E-state index < -0.39 is 5.76 Å². The predicted octanol–water partition coefficient (Wildman–Crippen LogP) is 3.99. The molecule has 0 atom stereocenters. The molecule has 2 rings (SSSR count). The fraction of sp³-hybridized carbons (Fsp3) is 0.286. The van der Waals surface area contributed by atoms with Crippen LogP contribution in [0.3, 0.4) is 0 Å². The van der Waals surface area contributed by atoms with Crippen molar-refractivity contribution in [1.82, 2.24) is 9.97 Å². The van der Waals surface area contributed by atoms with Gasteiger partial charge in [-0.05, 0) is 19.1 Å². The number of hydrogen-bond acceptors (Lipinski definition) is 5. The molecule has 0 saturated carbocycles. The van der Waals surface area contributed by atoms with Crippen molar-refractivity contribution in [2.45, 2.75) is 30.9 Å². The van der Waals surface area contributed by atoms with Gasteiger partial charge in [0.2, 0.25) is 0 Å². The summed E-state index contributed by atoms with van der Waals surface area (Å²) in [6.45, 7) is 3.72. The number of hydrogen-bond donors (Lipinski definition) is 2. The number of benzene rings is 1. The van der Waals surface area contributed by atoms with Gasteiger partial charge < -0.3 is 11.1 Å². The number of thioether (sulfide) groups is 1. The van der Waals surface area contributed by atoms with Crippen molar-refractivity contribution in [1.29, 1.82) is 0 Å². The minimum absolute atomic E-state index is 0.392. The number of anilines is 3. The number of rotatable bonds is 5. The van der Waals surface area contributed by atoms with Crippen molar-refractivity contribution < 1.29 is 8.78 Å². The molecule has 1 aromatic heterocycles. The topological polar surface area (TPSA) is 63.8 Å². The van der Waals surface area contributed by atoms with Crippen LogP contribution in [0.2, 0.25) is 0 Å². The lowest BCUT2D eigenvalue weighted by atomic mass is 10.2. The van der Waals surface area contributed by atoms with E-state index in [1.165, 1.54) is 0 Å². The molecule has 3 N–H and O–H groups in total. The summed E-state index contributed by atoms with van der Waals surface area (Å²) in [5.41, 5.74) is 7.13. The number of halogens is 2. The Balaban J connectivity index is 2.36. The molecule has 0 fully saturated rings. The van der Waals surface area contributed by atoms with Gasteiger partial charge >= 0.3 is 0 Å². The summed E-state index contributed by atoms with van der Waals surface area (Å²) in [4.78, 5) is 8.99. The molecule has 0 saturated heterocycles. The quantitative estimate of drug-likeness (QED) is 0.818. The highest BCUT2D eigenvalue weighted by molar-refractivity contribution is 7.99. The molecular formula is C14H16F2N4S. The molecule has 1 aromatic carbocycles. The Kier molecular flexibility index (Phi) is 4.95. The maximum atomic E-state index is 12.6. The Morgan fingerprint density at radius 2 is 2.00 bits per heavy atom. The van der Waals surface area contributed by atoms with Gasteiger partial charge in [-0.2, -0.15) is 8.78 Å². The van der Waals surface area contributed by atoms with Crippen LogP contribution in [-0.2, 0) is 6.42 Å². The van der Waals surface area contributed by atoms with Crippen molar-refractivity contribution >= 4 is 29.1 Å². The number of aryl methyl sites for hydroxylation is 1. The standard InChI is InChI=1S/C14H16F2N4S/c1-3-11-19-12(17)8(2)13(20-11)18-9-6-4-5-7-10(9)21-14(15)16/h4-7,14H,3H2,1-2H3,(H3,17,18,19,20). The van der Waals surface area contributed by atoms with E-state index in [1.54, 1.807) is 31.2 Å². The van der Waals surface area contributed by atoms with E-state index in [4.69, 9.17) is 5.73 Å². The average Bonchev–Trinajstić information content (AvgIpc) is 2.45. The summed E-state index contributed by atoms with van der Waals surface area (Å²) in [5, 5.41) is 3.08. The SMILES string of the molecule is CCc1nc(N)c(C)c(Nc2ccccc2SC(F)F)n1. The summed E-state index contributed by atoms with van der Waals surface area (Å²) in [6, 6.07) is 6.86. The zero-order chi connectivity index (χ0) is 15.4. The van der Waals surface area contributed by atoms with Gasteiger partial charge in [-0.25, -0.2) is 9.97 Å². The van der Waals surface area contributed by atoms with Crippen molar-refractivity contribution in [3.63, 3.8) is 0 Å². The van der Waals surface area contributed by atoms with Gasteiger partial charge in [0.1, 0.15) is 17.5 Å². The van der Waals surface area contributed by atoms with E-state index in [0.29, 0.717) is 51.8 Å². The summed E-state index contributed by atoms with van der Waals surface area (Å²) in [7, 11) is 0. The van der Waals surface area contributed by atoms with Crippen molar-refractivity contribution in [3.8, 4) is 0 Å². The number of nitrogens with two attached hydrogens (primary N) is 1. The summed E-state index contributed by atoms with van der Waals surface area (Å²) >= 11 is 0.494. The lowest BCUT2D eigenvalue weighted by Crippen LogP contribution is -2.07. The van der Waals surface area contributed by atoms with Crippen LogP contribution in [0.5, 0.6) is 0 Å². The third kappa shape index (κ3) is 3.81. The molecule has 0 spiro atoms. The number of nitrogens with one attached hydrogen (secondary N) is 1. The first-order valence-corrected chi connectivity index (χ1v) is 7.33. The highest BCUT2D eigenvalue weighted by atomic mass is 32.2. The van der Waals surface area contributed by atoms with Crippen LogP contribution in [0.15, 0.2) is 29.2 Å². The van der Waals surface area contributed by atoms with Gasteiger partial charge in [-0.15, -0.1) is 0 Å². The molecule has 112 valence electrons. The number of para-hydroxylation sites is 1. The Morgan fingerprint density at radius 3 is 2.67 bits per heavy atom. The molecule has 21 heavy (non-hydrogen) atoms. The molecule has 0 bridgehead atoms. The fourth-order valence-corrected chi connectivity index (χ4v) is 2.35. The largest absolute Gasteiger partial charge is 0.383 e. The lowest BCUT2D eigenvalue weighted by Gasteiger charge is -2.14. The van der Waals surface area contributed by atoms with E-state index in [-0.39, 0.29) is 0 Å². The maximum Gasteiger partial charge on any atom is 0.288 e. The number of nitrogens with zero attached hydrogens (tertiary/aromatic N) is 2. The van der Waals surface area contributed by atoms with Crippen LogP contribution in [0.1, 0.15) is 18.3 Å². The Labute approximate surface area is 126 Å². The molecule has 0 unspecified atom stereocenters. The molecule has 0 amide bonds. The highest BCUT2D eigenvalue weighted by Gasteiger charge is 2.13. The Morgan fingerprint density at radius 1 is 1.29 bits per heavy atom. The van der Waals surface area contributed by atoms with Gasteiger partial charge in [0.25, 0.3) is 5.76 Å². The molecule has 2 aromatic rings. The normalized spacial score (nSPS) is 10.9. The highest BCUT2D eigenvalue weighted by Crippen LogP contribution is 2.33. The average molecular weight is 310 g/mol.